The molecule has 0 aliphatic rings. The molecule has 24 heavy (non-hydrogen) atoms. The van der Waals surface area contributed by atoms with Crippen molar-refractivity contribution in [2.45, 2.75) is 32.7 Å². The van der Waals surface area contributed by atoms with E-state index < -0.39 is 6.04 Å². The molecule has 1 aromatic carbocycles. The van der Waals surface area contributed by atoms with Crippen LogP contribution in [0.15, 0.2) is 53.3 Å². The maximum atomic E-state index is 13.1. The third-order valence-electron chi connectivity index (χ3n) is 3.75. The maximum Gasteiger partial charge on any atom is 0.270 e. The number of thiocarbonyl (C=S) groups is 1. The molecule has 0 radical (unpaired) electrons. The number of rotatable bonds is 7. The SMILES string of the molecule is CCCc1cc[n+]([C@@H](C(=O)c2ccccc2Br)C(=S)NCC)cc1. The molecule has 0 spiro atoms. The van der Waals surface area contributed by atoms with Crippen LogP contribution in [0.4, 0.5) is 0 Å². The lowest BCUT2D eigenvalue weighted by molar-refractivity contribution is -0.692. The molecule has 0 aliphatic heterocycles. The summed E-state index contributed by atoms with van der Waals surface area (Å²) in [5.74, 6) is -0.0262. The van der Waals surface area contributed by atoms with Gasteiger partial charge >= 0.3 is 0 Å². The van der Waals surface area contributed by atoms with Crippen LogP contribution in [0.5, 0.6) is 0 Å². The van der Waals surface area contributed by atoms with Crippen LogP contribution in [0, 0.1) is 0 Å². The zero-order chi connectivity index (χ0) is 17.5. The highest BCUT2D eigenvalue weighted by Gasteiger charge is 2.33. The van der Waals surface area contributed by atoms with Crippen molar-refractivity contribution in [2.24, 2.45) is 0 Å². The third-order valence-corrected chi connectivity index (χ3v) is 4.80. The number of carbonyl (C=O) groups excluding carboxylic acids is 1. The van der Waals surface area contributed by atoms with Crippen molar-refractivity contribution in [3.63, 3.8) is 0 Å². The molecule has 1 N–H and O–H groups in total. The molecule has 2 aromatic rings. The van der Waals surface area contributed by atoms with Crippen LogP contribution in [-0.4, -0.2) is 17.3 Å². The Hall–Kier alpha value is -1.59. The summed E-state index contributed by atoms with van der Waals surface area (Å²) in [7, 11) is 0. The molecule has 1 atom stereocenters. The molecule has 5 heteroatoms. The standard InChI is InChI=1S/C19H21BrN2OS/c1-3-7-14-10-12-22(13-11-14)17(19(24)21-4-2)18(23)15-8-5-6-9-16(15)20/h5-6,8-13,17H,3-4,7H2,1-2H3/p+1/t17-/m0/s1. The van der Waals surface area contributed by atoms with Gasteiger partial charge in [0.05, 0.1) is 0 Å². The summed E-state index contributed by atoms with van der Waals surface area (Å²) in [5.41, 5.74) is 1.89. The first-order valence-corrected chi connectivity index (χ1v) is 9.34. The number of aromatic nitrogens is 1. The highest BCUT2D eigenvalue weighted by molar-refractivity contribution is 9.10. The summed E-state index contributed by atoms with van der Waals surface area (Å²) in [4.78, 5) is 13.6. The van der Waals surface area contributed by atoms with Gasteiger partial charge in [-0.1, -0.05) is 53.6 Å². The minimum absolute atomic E-state index is 0.0262. The van der Waals surface area contributed by atoms with Gasteiger partial charge in [-0.3, -0.25) is 4.79 Å². The second-order valence-corrected chi connectivity index (χ2v) is 6.84. The summed E-state index contributed by atoms with van der Waals surface area (Å²) in [6, 6.07) is 11.0. The van der Waals surface area contributed by atoms with Crippen LogP contribution < -0.4 is 9.88 Å². The summed E-state index contributed by atoms with van der Waals surface area (Å²) in [6.45, 7) is 4.81. The molecule has 0 saturated heterocycles. The minimum atomic E-state index is -0.547. The van der Waals surface area contributed by atoms with Gasteiger partial charge in [-0.2, -0.15) is 4.57 Å². The molecule has 126 valence electrons. The highest BCUT2D eigenvalue weighted by Crippen LogP contribution is 2.20. The minimum Gasteiger partial charge on any atom is -0.374 e. The average Bonchev–Trinajstić information content (AvgIpc) is 2.57. The molecule has 0 bridgehead atoms. The van der Waals surface area contributed by atoms with Gasteiger partial charge in [0.15, 0.2) is 17.4 Å². The Bertz CT molecular complexity index is 716. The van der Waals surface area contributed by atoms with Crippen molar-refractivity contribution in [3.8, 4) is 0 Å². The number of likely N-dealkylation sites (N-methyl/N-ethyl adjacent to an activating group) is 1. The first kappa shape index (κ1) is 18.7. The fourth-order valence-electron chi connectivity index (χ4n) is 2.57. The largest absolute Gasteiger partial charge is 0.374 e. The monoisotopic (exact) mass is 405 g/mol. The number of Topliss-reactive ketones (excluding diaryl/α,β-unsaturated/α-hetero) is 1. The Balaban J connectivity index is 2.39. The van der Waals surface area contributed by atoms with Crippen molar-refractivity contribution < 1.29 is 9.36 Å². The molecule has 0 amide bonds. The lowest BCUT2D eigenvalue weighted by atomic mass is 10.0. The van der Waals surface area contributed by atoms with Crippen molar-refractivity contribution in [2.75, 3.05) is 6.54 Å². The molecule has 2 rings (SSSR count). The van der Waals surface area contributed by atoms with E-state index in [4.69, 9.17) is 12.2 Å². The Morgan fingerprint density at radius 2 is 1.88 bits per heavy atom. The number of nitrogens with zero attached hydrogens (tertiary/aromatic N) is 1. The predicted molar refractivity (Wildman–Crippen MR) is 104 cm³/mol. The number of halogens is 1. The van der Waals surface area contributed by atoms with Crippen LogP contribution in [-0.2, 0) is 6.42 Å². The number of aryl methyl sites for hydroxylation is 1. The van der Waals surface area contributed by atoms with E-state index in [1.165, 1.54) is 5.56 Å². The Morgan fingerprint density at radius 3 is 2.46 bits per heavy atom. The van der Waals surface area contributed by atoms with Gasteiger partial charge in [-0.25, -0.2) is 0 Å². The van der Waals surface area contributed by atoms with E-state index in [1.807, 2.05) is 48.1 Å². The fourth-order valence-corrected chi connectivity index (χ4v) is 3.42. The normalized spacial score (nSPS) is 11.8. The number of nitrogens with one attached hydrogen (secondary N) is 1. The molecule has 0 saturated carbocycles. The summed E-state index contributed by atoms with van der Waals surface area (Å²) < 4.78 is 2.66. The van der Waals surface area contributed by atoms with E-state index >= 15 is 0 Å². The maximum absolute atomic E-state index is 13.1. The number of pyridine rings is 1. The van der Waals surface area contributed by atoms with Crippen LogP contribution in [0.25, 0.3) is 0 Å². The van der Waals surface area contributed by atoms with Crippen LogP contribution in [0.2, 0.25) is 0 Å². The number of carbonyl (C=O) groups is 1. The highest BCUT2D eigenvalue weighted by atomic mass is 79.9. The van der Waals surface area contributed by atoms with E-state index in [2.05, 4.69) is 40.3 Å². The van der Waals surface area contributed by atoms with Crippen molar-refractivity contribution in [1.29, 1.82) is 0 Å². The van der Waals surface area contributed by atoms with E-state index in [0.717, 1.165) is 17.3 Å². The molecule has 0 fully saturated rings. The van der Waals surface area contributed by atoms with Gasteiger partial charge in [-0.15, -0.1) is 0 Å². The van der Waals surface area contributed by atoms with Crippen molar-refractivity contribution in [1.82, 2.24) is 5.32 Å². The average molecular weight is 406 g/mol. The van der Waals surface area contributed by atoms with Gasteiger partial charge < -0.3 is 5.32 Å². The second kappa shape index (κ2) is 9.04. The summed E-state index contributed by atoms with van der Waals surface area (Å²) in [5, 5.41) is 3.13. The Morgan fingerprint density at radius 1 is 1.21 bits per heavy atom. The molecular formula is C19H22BrN2OS+. The van der Waals surface area contributed by atoms with Gasteiger partial charge in [0, 0.05) is 28.7 Å². The first-order valence-electron chi connectivity index (χ1n) is 8.14. The third kappa shape index (κ3) is 4.48. The van der Waals surface area contributed by atoms with Gasteiger partial charge in [0.2, 0.25) is 5.78 Å². The first-order chi connectivity index (χ1) is 11.6. The zero-order valence-electron chi connectivity index (χ0n) is 14.0. The van der Waals surface area contributed by atoms with E-state index in [9.17, 15) is 4.79 Å². The van der Waals surface area contributed by atoms with E-state index in [-0.39, 0.29) is 5.78 Å². The summed E-state index contributed by atoms with van der Waals surface area (Å²) in [6.07, 6.45) is 6.00. The molecule has 1 heterocycles. The van der Waals surface area contributed by atoms with Crippen LogP contribution in [0.1, 0.15) is 42.2 Å². The fraction of sp³-hybridized carbons (Fsp3) is 0.316. The summed E-state index contributed by atoms with van der Waals surface area (Å²) >= 11 is 8.96. The molecule has 0 aliphatic carbocycles. The number of hydrogen-bond acceptors (Lipinski definition) is 2. The number of hydrogen-bond donors (Lipinski definition) is 1. The Labute approximate surface area is 157 Å². The van der Waals surface area contributed by atoms with E-state index in [1.54, 1.807) is 0 Å². The van der Waals surface area contributed by atoms with Gasteiger partial charge in [0.25, 0.3) is 6.04 Å². The molecule has 1 aromatic heterocycles. The van der Waals surface area contributed by atoms with Crippen LogP contribution >= 0.6 is 28.1 Å². The predicted octanol–water partition coefficient (Wildman–Crippen LogP) is 4.05. The van der Waals surface area contributed by atoms with E-state index in [0.29, 0.717) is 17.1 Å². The number of ketones is 1. The van der Waals surface area contributed by atoms with Crippen molar-refractivity contribution >= 4 is 38.9 Å². The van der Waals surface area contributed by atoms with Gasteiger partial charge in [-0.05, 0) is 31.0 Å². The zero-order valence-corrected chi connectivity index (χ0v) is 16.4. The Kier molecular flexibility index (Phi) is 7.06. The molecule has 3 nitrogen and oxygen atoms in total. The molecular weight excluding hydrogens is 384 g/mol. The topological polar surface area (TPSA) is 33.0 Å². The quantitative estimate of drug-likeness (QED) is 0.428. The van der Waals surface area contributed by atoms with Crippen LogP contribution in [0.3, 0.4) is 0 Å². The lowest BCUT2D eigenvalue weighted by Gasteiger charge is -2.15. The number of benzene rings is 1. The van der Waals surface area contributed by atoms with Crippen molar-refractivity contribution in [3.05, 3.63) is 64.4 Å². The van der Waals surface area contributed by atoms with Gasteiger partial charge in [0.1, 0.15) is 0 Å². The lowest BCUT2D eigenvalue weighted by Crippen LogP contribution is -2.51. The molecule has 0 unspecified atom stereocenters. The second-order valence-electron chi connectivity index (χ2n) is 5.54. The smallest absolute Gasteiger partial charge is 0.270 e.